The van der Waals surface area contributed by atoms with E-state index in [-0.39, 0.29) is 6.04 Å². The Balaban J connectivity index is 1.59. The van der Waals surface area contributed by atoms with Crippen LogP contribution in [-0.2, 0) is 18.3 Å². The van der Waals surface area contributed by atoms with E-state index in [1.807, 2.05) is 24.6 Å². The number of hydrogen-bond acceptors (Lipinski definition) is 5. The van der Waals surface area contributed by atoms with Crippen molar-refractivity contribution >= 4 is 5.96 Å². The highest BCUT2D eigenvalue weighted by Crippen LogP contribution is 2.13. The lowest BCUT2D eigenvalue weighted by molar-refractivity contribution is 0.0532. The van der Waals surface area contributed by atoms with Gasteiger partial charge in [-0.25, -0.2) is 4.99 Å². The zero-order valence-corrected chi connectivity index (χ0v) is 20.2. The summed E-state index contributed by atoms with van der Waals surface area (Å²) in [6.45, 7) is 12.7. The Kier molecular flexibility index (Phi) is 9.05. The van der Waals surface area contributed by atoms with Crippen LogP contribution in [0.5, 0.6) is 0 Å². The fraction of sp³-hybridized carbons (Fsp3) is 0.625. The van der Waals surface area contributed by atoms with Gasteiger partial charge in [0.1, 0.15) is 12.4 Å². The van der Waals surface area contributed by atoms with Crippen molar-refractivity contribution in [3.05, 3.63) is 47.5 Å². The van der Waals surface area contributed by atoms with Crippen molar-refractivity contribution in [3.63, 3.8) is 0 Å². The Morgan fingerprint density at radius 3 is 2.50 bits per heavy atom. The number of nitrogens with one attached hydrogen (secondary N) is 2. The number of guanidine groups is 1. The van der Waals surface area contributed by atoms with Gasteiger partial charge in [0.05, 0.1) is 18.8 Å². The SMILES string of the molecule is Cc1nnc(CN=C(NC2CCN(CCOC(C)C)CC2)NC(C)c2ccccc2)n1C. The molecule has 0 amide bonds. The summed E-state index contributed by atoms with van der Waals surface area (Å²) in [5.41, 5.74) is 1.23. The second kappa shape index (κ2) is 12.0. The van der Waals surface area contributed by atoms with Gasteiger partial charge in [-0.3, -0.25) is 0 Å². The molecule has 32 heavy (non-hydrogen) atoms. The van der Waals surface area contributed by atoms with Gasteiger partial charge < -0.3 is 24.8 Å². The van der Waals surface area contributed by atoms with Gasteiger partial charge in [-0.15, -0.1) is 10.2 Å². The molecule has 1 aromatic heterocycles. The smallest absolute Gasteiger partial charge is 0.192 e. The number of aryl methyl sites for hydroxylation is 1. The van der Waals surface area contributed by atoms with Crippen LogP contribution in [-0.4, -0.2) is 64.0 Å². The third kappa shape index (κ3) is 7.31. The summed E-state index contributed by atoms with van der Waals surface area (Å²) in [6.07, 6.45) is 2.47. The highest BCUT2D eigenvalue weighted by molar-refractivity contribution is 5.80. The second-order valence-electron chi connectivity index (χ2n) is 8.84. The van der Waals surface area contributed by atoms with Gasteiger partial charge in [-0.2, -0.15) is 0 Å². The minimum absolute atomic E-state index is 0.150. The molecule has 1 unspecified atom stereocenters. The number of piperidine rings is 1. The topological polar surface area (TPSA) is 79.6 Å². The fourth-order valence-electron chi connectivity index (χ4n) is 3.81. The van der Waals surface area contributed by atoms with Crippen molar-refractivity contribution in [2.24, 2.45) is 12.0 Å². The molecule has 1 aromatic carbocycles. The lowest BCUT2D eigenvalue weighted by Gasteiger charge is -2.33. The van der Waals surface area contributed by atoms with E-state index in [1.54, 1.807) is 0 Å². The van der Waals surface area contributed by atoms with Gasteiger partial charge in [-0.1, -0.05) is 30.3 Å². The highest BCUT2D eigenvalue weighted by Gasteiger charge is 2.21. The van der Waals surface area contributed by atoms with Crippen molar-refractivity contribution in [2.75, 3.05) is 26.2 Å². The van der Waals surface area contributed by atoms with Crippen LogP contribution < -0.4 is 10.6 Å². The summed E-state index contributed by atoms with van der Waals surface area (Å²) in [4.78, 5) is 7.34. The van der Waals surface area contributed by atoms with Gasteiger partial charge in [0, 0.05) is 32.7 Å². The lowest BCUT2D eigenvalue weighted by atomic mass is 10.1. The Morgan fingerprint density at radius 1 is 1.16 bits per heavy atom. The number of ether oxygens (including phenoxy) is 1. The molecule has 2 heterocycles. The van der Waals surface area contributed by atoms with Gasteiger partial charge in [0.2, 0.25) is 0 Å². The average Bonchev–Trinajstić information content (AvgIpc) is 3.11. The molecule has 1 fully saturated rings. The Labute approximate surface area is 192 Å². The zero-order chi connectivity index (χ0) is 22.9. The molecule has 0 saturated carbocycles. The lowest BCUT2D eigenvalue weighted by Crippen LogP contribution is -2.49. The van der Waals surface area contributed by atoms with E-state index in [0.717, 1.165) is 56.7 Å². The van der Waals surface area contributed by atoms with Crippen LogP contribution in [0.15, 0.2) is 35.3 Å². The Morgan fingerprint density at radius 2 is 1.88 bits per heavy atom. The van der Waals surface area contributed by atoms with Crippen LogP contribution in [0.4, 0.5) is 0 Å². The molecule has 2 aromatic rings. The number of benzene rings is 1. The molecule has 8 nitrogen and oxygen atoms in total. The standard InChI is InChI=1S/C24H39N7O/c1-18(2)32-16-15-31-13-11-22(12-14-31)27-24(25-17-23-29-28-20(4)30(23)5)26-19(3)21-9-7-6-8-10-21/h6-10,18-19,22H,11-17H2,1-5H3,(H2,25,26,27). The summed E-state index contributed by atoms with van der Waals surface area (Å²) >= 11 is 0. The Hall–Kier alpha value is -2.45. The molecule has 0 radical (unpaired) electrons. The number of rotatable bonds is 9. The number of hydrogen-bond donors (Lipinski definition) is 2. The van der Waals surface area contributed by atoms with Crippen LogP contribution in [0.25, 0.3) is 0 Å². The number of nitrogens with zero attached hydrogens (tertiary/aromatic N) is 5. The van der Waals surface area contributed by atoms with E-state index >= 15 is 0 Å². The van der Waals surface area contributed by atoms with Crippen LogP contribution in [0.2, 0.25) is 0 Å². The average molecular weight is 442 g/mol. The highest BCUT2D eigenvalue weighted by atomic mass is 16.5. The molecule has 176 valence electrons. The third-order valence-corrected chi connectivity index (χ3v) is 6.00. The molecule has 0 aliphatic carbocycles. The normalized spacial score (nSPS) is 17.0. The second-order valence-corrected chi connectivity index (χ2v) is 8.84. The largest absolute Gasteiger partial charge is 0.377 e. The van der Waals surface area contributed by atoms with Crippen molar-refractivity contribution in [1.82, 2.24) is 30.3 Å². The number of aliphatic imine (C=N–C) groups is 1. The van der Waals surface area contributed by atoms with Gasteiger partial charge in [0.25, 0.3) is 0 Å². The van der Waals surface area contributed by atoms with Crippen LogP contribution in [0.3, 0.4) is 0 Å². The van der Waals surface area contributed by atoms with Gasteiger partial charge in [0.15, 0.2) is 11.8 Å². The van der Waals surface area contributed by atoms with E-state index in [1.165, 1.54) is 5.56 Å². The summed E-state index contributed by atoms with van der Waals surface area (Å²) in [7, 11) is 1.98. The molecule has 0 spiro atoms. The van der Waals surface area contributed by atoms with Crippen molar-refractivity contribution in [1.29, 1.82) is 0 Å². The molecule has 3 rings (SSSR count). The van der Waals surface area contributed by atoms with Crippen molar-refractivity contribution in [2.45, 2.75) is 65.3 Å². The van der Waals surface area contributed by atoms with E-state index in [0.29, 0.717) is 18.7 Å². The quantitative estimate of drug-likeness (QED) is 0.460. The first-order valence-corrected chi connectivity index (χ1v) is 11.7. The minimum Gasteiger partial charge on any atom is -0.377 e. The summed E-state index contributed by atoms with van der Waals surface area (Å²) < 4.78 is 7.69. The van der Waals surface area contributed by atoms with Crippen LogP contribution in [0.1, 0.15) is 56.9 Å². The van der Waals surface area contributed by atoms with E-state index < -0.39 is 0 Å². The summed E-state index contributed by atoms with van der Waals surface area (Å²) in [6, 6.07) is 11.0. The fourth-order valence-corrected chi connectivity index (χ4v) is 3.81. The van der Waals surface area contributed by atoms with Crippen molar-refractivity contribution in [3.8, 4) is 0 Å². The molecule has 1 aliphatic heterocycles. The molecule has 1 saturated heterocycles. The molecule has 8 heteroatoms. The van der Waals surface area contributed by atoms with Gasteiger partial charge >= 0.3 is 0 Å². The van der Waals surface area contributed by atoms with Crippen molar-refractivity contribution < 1.29 is 4.74 Å². The number of aromatic nitrogens is 3. The third-order valence-electron chi connectivity index (χ3n) is 6.00. The predicted octanol–water partition coefficient (Wildman–Crippen LogP) is 2.81. The molecular formula is C24H39N7O. The van der Waals surface area contributed by atoms with Gasteiger partial charge in [-0.05, 0) is 46.1 Å². The first-order chi connectivity index (χ1) is 15.4. The van der Waals surface area contributed by atoms with E-state index in [9.17, 15) is 0 Å². The minimum atomic E-state index is 0.150. The molecular weight excluding hydrogens is 402 g/mol. The number of likely N-dealkylation sites (tertiary alicyclic amines) is 1. The maximum absolute atomic E-state index is 5.71. The molecule has 1 atom stereocenters. The Bertz CT molecular complexity index is 841. The molecule has 2 N–H and O–H groups in total. The monoisotopic (exact) mass is 441 g/mol. The maximum atomic E-state index is 5.71. The van der Waals surface area contributed by atoms with Crippen LogP contribution >= 0.6 is 0 Å². The van der Waals surface area contributed by atoms with E-state index in [2.05, 4.69) is 70.8 Å². The maximum Gasteiger partial charge on any atom is 0.192 e. The summed E-state index contributed by atoms with van der Waals surface area (Å²) in [5, 5.41) is 15.7. The predicted molar refractivity (Wildman–Crippen MR) is 129 cm³/mol. The molecule has 0 bridgehead atoms. The van der Waals surface area contributed by atoms with E-state index in [4.69, 9.17) is 9.73 Å². The first-order valence-electron chi connectivity index (χ1n) is 11.7. The summed E-state index contributed by atoms with van der Waals surface area (Å²) in [5.74, 6) is 2.57. The zero-order valence-electron chi connectivity index (χ0n) is 20.2. The molecule has 1 aliphatic rings. The van der Waals surface area contributed by atoms with Crippen LogP contribution in [0, 0.1) is 6.92 Å². The first kappa shape index (κ1) is 24.2.